The van der Waals surface area contributed by atoms with E-state index < -0.39 is 0 Å². The van der Waals surface area contributed by atoms with Gasteiger partial charge in [-0.25, -0.2) is 4.98 Å². The third kappa shape index (κ3) is 1.66. The van der Waals surface area contributed by atoms with Gasteiger partial charge in [-0.2, -0.15) is 0 Å². The zero-order valence-electron chi connectivity index (χ0n) is 9.45. The van der Waals surface area contributed by atoms with Crippen LogP contribution in [0.2, 0.25) is 5.15 Å². The molecular weight excluding hydrogens is 222 g/mol. The van der Waals surface area contributed by atoms with Crippen LogP contribution in [-0.4, -0.2) is 16.1 Å². The van der Waals surface area contributed by atoms with Crippen LogP contribution >= 0.6 is 11.6 Å². The number of hydrogen-bond acceptors (Lipinski definition) is 2. The fourth-order valence-corrected chi connectivity index (χ4v) is 3.08. The highest BCUT2D eigenvalue weighted by molar-refractivity contribution is 6.30. The molecule has 0 saturated heterocycles. The van der Waals surface area contributed by atoms with Crippen molar-refractivity contribution in [3.8, 4) is 0 Å². The lowest BCUT2D eigenvalue weighted by Crippen LogP contribution is -2.18. The van der Waals surface area contributed by atoms with Gasteiger partial charge in [-0.3, -0.25) is 0 Å². The van der Waals surface area contributed by atoms with Crippen LogP contribution in [0.25, 0.3) is 0 Å². The minimum absolute atomic E-state index is 0.531. The number of nitrogens with zero attached hydrogens (tertiary/aromatic N) is 2. The minimum atomic E-state index is 0.531. The molecule has 88 valence electrons. The monoisotopic (exact) mass is 239 g/mol. The summed E-state index contributed by atoms with van der Waals surface area (Å²) in [6.07, 6.45) is 5.99. The Balaban J connectivity index is 1.96. The van der Waals surface area contributed by atoms with Crippen LogP contribution in [0.4, 0.5) is 0 Å². The van der Waals surface area contributed by atoms with Crippen molar-refractivity contribution in [1.29, 1.82) is 0 Å². The quantitative estimate of drug-likeness (QED) is 0.881. The van der Waals surface area contributed by atoms with Gasteiger partial charge in [-0.1, -0.05) is 11.6 Å². The molecule has 0 aromatic carbocycles. The van der Waals surface area contributed by atoms with Gasteiger partial charge in [0.2, 0.25) is 0 Å². The Kier molecular flexibility index (Phi) is 2.68. The Morgan fingerprint density at radius 3 is 2.88 bits per heavy atom. The standard InChI is InChI=1S/C12H18ClN3/c13-11-10(8-3-4-8)15-12-9(5-6-14)2-1-7-16(11)12/h8-9H,1-7,14H2. The van der Waals surface area contributed by atoms with Gasteiger partial charge in [0.15, 0.2) is 0 Å². The first kappa shape index (κ1) is 10.6. The lowest BCUT2D eigenvalue weighted by Gasteiger charge is -2.23. The zero-order valence-corrected chi connectivity index (χ0v) is 10.2. The number of halogens is 1. The molecule has 1 saturated carbocycles. The smallest absolute Gasteiger partial charge is 0.132 e. The number of fused-ring (bicyclic) bond motifs is 1. The van der Waals surface area contributed by atoms with E-state index in [0.29, 0.717) is 11.8 Å². The van der Waals surface area contributed by atoms with E-state index in [1.165, 1.54) is 31.5 Å². The second kappa shape index (κ2) is 4.04. The summed E-state index contributed by atoms with van der Waals surface area (Å²) in [6, 6.07) is 0. The highest BCUT2D eigenvalue weighted by Gasteiger charge is 2.33. The molecule has 2 aliphatic rings. The molecule has 0 bridgehead atoms. The molecule has 2 N–H and O–H groups in total. The predicted molar refractivity (Wildman–Crippen MR) is 64.9 cm³/mol. The molecule has 1 fully saturated rings. The van der Waals surface area contributed by atoms with Gasteiger partial charge in [0, 0.05) is 18.4 Å². The number of imidazole rings is 1. The number of nitrogens with two attached hydrogens (primary N) is 1. The molecule has 1 aliphatic carbocycles. The Morgan fingerprint density at radius 2 is 2.19 bits per heavy atom. The van der Waals surface area contributed by atoms with Crippen LogP contribution in [0.15, 0.2) is 0 Å². The summed E-state index contributed by atoms with van der Waals surface area (Å²) < 4.78 is 2.22. The number of rotatable bonds is 3. The fourth-order valence-electron chi connectivity index (χ4n) is 2.71. The third-order valence-corrected chi connectivity index (χ3v) is 4.14. The largest absolute Gasteiger partial charge is 0.330 e. The summed E-state index contributed by atoms with van der Waals surface area (Å²) in [5.41, 5.74) is 6.82. The fraction of sp³-hybridized carbons (Fsp3) is 0.750. The molecule has 0 radical (unpaired) electrons. The summed E-state index contributed by atoms with van der Waals surface area (Å²) in [7, 11) is 0. The van der Waals surface area contributed by atoms with Crippen LogP contribution in [0, 0.1) is 0 Å². The van der Waals surface area contributed by atoms with Gasteiger partial charge in [0.1, 0.15) is 11.0 Å². The van der Waals surface area contributed by atoms with E-state index in [9.17, 15) is 0 Å². The van der Waals surface area contributed by atoms with Gasteiger partial charge in [-0.05, 0) is 38.6 Å². The van der Waals surface area contributed by atoms with Crippen molar-refractivity contribution in [2.45, 2.75) is 50.5 Å². The molecule has 1 aliphatic heterocycles. The van der Waals surface area contributed by atoms with E-state index >= 15 is 0 Å². The first-order valence-corrected chi connectivity index (χ1v) is 6.65. The first-order valence-electron chi connectivity index (χ1n) is 6.27. The Hall–Kier alpha value is -0.540. The van der Waals surface area contributed by atoms with Crippen LogP contribution in [0.3, 0.4) is 0 Å². The van der Waals surface area contributed by atoms with Crippen LogP contribution in [0.1, 0.15) is 55.5 Å². The molecule has 0 amide bonds. The summed E-state index contributed by atoms with van der Waals surface area (Å²) in [5, 5.41) is 0.902. The highest BCUT2D eigenvalue weighted by atomic mass is 35.5. The second-order valence-electron chi connectivity index (χ2n) is 4.99. The maximum absolute atomic E-state index is 6.41. The van der Waals surface area contributed by atoms with Gasteiger partial charge in [-0.15, -0.1) is 0 Å². The first-order chi connectivity index (χ1) is 7.81. The van der Waals surface area contributed by atoms with Gasteiger partial charge >= 0.3 is 0 Å². The van der Waals surface area contributed by atoms with E-state index in [4.69, 9.17) is 22.3 Å². The molecule has 0 spiro atoms. The van der Waals surface area contributed by atoms with Gasteiger partial charge in [0.05, 0.1) is 5.69 Å². The lowest BCUT2D eigenvalue weighted by atomic mass is 9.96. The minimum Gasteiger partial charge on any atom is -0.330 e. The van der Waals surface area contributed by atoms with Crippen molar-refractivity contribution in [2.75, 3.05) is 6.54 Å². The number of hydrogen-bond donors (Lipinski definition) is 1. The molecule has 1 aromatic heterocycles. The summed E-state index contributed by atoms with van der Waals surface area (Å²) in [6.45, 7) is 1.78. The van der Waals surface area contributed by atoms with E-state index in [2.05, 4.69) is 4.57 Å². The average Bonchev–Trinajstić information content (AvgIpc) is 3.06. The molecule has 1 atom stereocenters. The van der Waals surface area contributed by atoms with Gasteiger partial charge < -0.3 is 10.3 Å². The average molecular weight is 240 g/mol. The Bertz CT molecular complexity index is 395. The van der Waals surface area contributed by atoms with Crippen molar-refractivity contribution in [1.82, 2.24) is 9.55 Å². The predicted octanol–water partition coefficient (Wildman–Crippen LogP) is 2.64. The van der Waals surface area contributed by atoms with Crippen molar-refractivity contribution in [2.24, 2.45) is 5.73 Å². The third-order valence-electron chi connectivity index (χ3n) is 3.74. The lowest BCUT2D eigenvalue weighted by molar-refractivity contribution is 0.428. The molecule has 4 heteroatoms. The Morgan fingerprint density at radius 1 is 1.38 bits per heavy atom. The maximum atomic E-state index is 6.41. The Labute approximate surface area is 101 Å². The van der Waals surface area contributed by atoms with Crippen LogP contribution < -0.4 is 5.73 Å². The summed E-state index contributed by atoms with van der Waals surface area (Å²) >= 11 is 6.41. The number of aromatic nitrogens is 2. The van der Waals surface area contributed by atoms with Crippen molar-refractivity contribution in [3.05, 3.63) is 16.7 Å². The normalized spacial score (nSPS) is 24.5. The van der Waals surface area contributed by atoms with Crippen LogP contribution in [-0.2, 0) is 6.54 Å². The summed E-state index contributed by atoms with van der Waals surface area (Å²) in [4.78, 5) is 4.79. The summed E-state index contributed by atoms with van der Waals surface area (Å²) in [5.74, 6) is 2.37. The van der Waals surface area contributed by atoms with E-state index in [1.54, 1.807) is 0 Å². The van der Waals surface area contributed by atoms with Crippen molar-refractivity contribution in [3.63, 3.8) is 0 Å². The molecular formula is C12H18ClN3. The topological polar surface area (TPSA) is 43.8 Å². The van der Waals surface area contributed by atoms with Gasteiger partial charge in [0.25, 0.3) is 0 Å². The maximum Gasteiger partial charge on any atom is 0.132 e. The molecule has 3 rings (SSSR count). The molecule has 3 nitrogen and oxygen atoms in total. The van der Waals surface area contributed by atoms with E-state index in [0.717, 1.165) is 30.4 Å². The highest BCUT2D eigenvalue weighted by Crippen LogP contribution is 2.45. The SMILES string of the molecule is NCCC1CCCn2c1nc(C1CC1)c2Cl. The molecule has 2 heterocycles. The van der Waals surface area contributed by atoms with E-state index in [-0.39, 0.29) is 0 Å². The molecule has 16 heavy (non-hydrogen) atoms. The van der Waals surface area contributed by atoms with Crippen molar-refractivity contribution >= 4 is 11.6 Å². The van der Waals surface area contributed by atoms with Crippen molar-refractivity contribution < 1.29 is 0 Å². The van der Waals surface area contributed by atoms with E-state index in [1.807, 2.05) is 0 Å². The molecule has 1 unspecified atom stereocenters. The van der Waals surface area contributed by atoms with Crippen LogP contribution in [0.5, 0.6) is 0 Å². The molecule has 1 aromatic rings. The second-order valence-corrected chi connectivity index (χ2v) is 5.35. The zero-order chi connectivity index (χ0) is 11.1.